The lowest BCUT2D eigenvalue weighted by molar-refractivity contribution is 0.0566. The molecule has 0 radical (unpaired) electrons. The molecule has 2 heterocycles. The van der Waals surface area contributed by atoms with E-state index in [1.165, 1.54) is 7.11 Å². The fourth-order valence-electron chi connectivity index (χ4n) is 5.53. The van der Waals surface area contributed by atoms with E-state index >= 15 is 0 Å². The van der Waals surface area contributed by atoms with Gasteiger partial charge in [-0.3, -0.25) is 9.59 Å². The summed E-state index contributed by atoms with van der Waals surface area (Å²) >= 11 is 0. The number of carbonyl (C=O) groups is 2. The number of nitrogens with one attached hydrogen (secondary N) is 1. The summed E-state index contributed by atoms with van der Waals surface area (Å²) in [6.45, 7) is 2.93. The molecule has 0 atom stereocenters. The van der Waals surface area contributed by atoms with Crippen molar-refractivity contribution in [3.8, 4) is 17.6 Å². The molecule has 0 aromatic heterocycles. The Labute approximate surface area is 239 Å². The average Bonchev–Trinajstić information content (AvgIpc) is 3.00. The number of rotatable bonds is 5. The van der Waals surface area contributed by atoms with E-state index in [-0.39, 0.29) is 17.7 Å². The topological polar surface area (TPSA) is 61.9 Å². The van der Waals surface area contributed by atoms with Gasteiger partial charge in [-0.05, 0) is 62.1 Å². The van der Waals surface area contributed by atoms with Gasteiger partial charge in [-0.25, -0.2) is 8.78 Å². The standard InChI is InChI=1S/C33H33F2N3O3/c1-41-28-21-29(34)31(30(35)22-28)32(39)36-26-13-17-37(18-14-26)27-15-19-38(20-16-27)33(40)25-11-9-24(10-12-25)8-7-23-5-3-2-4-6-23/h2-6,9-12,21-22,26-27H,13-20H2,1H3,(H,36,39). The second kappa shape index (κ2) is 13.0. The van der Waals surface area contributed by atoms with E-state index in [4.69, 9.17) is 4.74 Å². The molecule has 2 aliphatic heterocycles. The van der Waals surface area contributed by atoms with Crippen molar-refractivity contribution in [3.63, 3.8) is 0 Å². The van der Waals surface area contributed by atoms with E-state index in [0.717, 1.165) is 49.2 Å². The lowest BCUT2D eigenvalue weighted by atomic mass is 9.97. The van der Waals surface area contributed by atoms with Gasteiger partial charge in [0, 0.05) is 67.1 Å². The fourth-order valence-corrected chi connectivity index (χ4v) is 5.53. The van der Waals surface area contributed by atoms with Crippen LogP contribution in [0.4, 0.5) is 8.78 Å². The summed E-state index contributed by atoms with van der Waals surface area (Å²) in [6.07, 6.45) is 3.16. The van der Waals surface area contributed by atoms with Crippen molar-refractivity contribution in [3.05, 3.63) is 101 Å². The van der Waals surface area contributed by atoms with E-state index < -0.39 is 23.1 Å². The van der Waals surface area contributed by atoms with Crippen LogP contribution in [0.2, 0.25) is 0 Å². The third-order valence-electron chi connectivity index (χ3n) is 7.87. The third-order valence-corrected chi connectivity index (χ3v) is 7.87. The van der Waals surface area contributed by atoms with Crippen molar-refractivity contribution >= 4 is 11.8 Å². The van der Waals surface area contributed by atoms with Gasteiger partial charge in [-0.1, -0.05) is 30.0 Å². The summed E-state index contributed by atoms with van der Waals surface area (Å²) < 4.78 is 33.4. The van der Waals surface area contributed by atoms with Gasteiger partial charge in [0.25, 0.3) is 11.8 Å². The predicted octanol–water partition coefficient (Wildman–Crippen LogP) is 4.87. The number of piperidine rings is 2. The number of hydrogen-bond acceptors (Lipinski definition) is 4. The quantitative estimate of drug-likeness (QED) is 0.455. The smallest absolute Gasteiger partial charge is 0.257 e. The zero-order chi connectivity index (χ0) is 28.8. The SMILES string of the molecule is COc1cc(F)c(C(=O)NC2CCN(C3CCN(C(=O)c4ccc(C#Cc5ccccc5)cc4)CC3)CC2)c(F)c1. The summed E-state index contributed by atoms with van der Waals surface area (Å²) in [6, 6.07) is 19.5. The van der Waals surface area contributed by atoms with Crippen LogP contribution in [0.1, 0.15) is 57.5 Å². The Kier molecular flexibility index (Phi) is 8.95. The van der Waals surface area contributed by atoms with Gasteiger partial charge < -0.3 is 19.9 Å². The highest BCUT2D eigenvalue weighted by Crippen LogP contribution is 2.24. The lowest BCUT2D eigenvalue weighted by Gasteiger charge is -2.42. The molecule has 0 bridgehead atoms. The first-order chi connectivity index (χ1) is 19.9. The Hall–Kier alpha value is -4.22. The van der Waals surface area contributed by atoms with Crippen LogP contribution < -0.4 is 10.1 Å². The number of carbonyl (C=O) groups excluding carboxylic acids is 2. The van der Waals surface area contributed by atoms with Gasteiger partial charge in [-0.15, -0.1) is 0 Å². The molecule has 3 aromatic rings. The molecule has 41 heavy (non-hydrogen) atoms. The summed E-state index contributed by atoms with van der Waals surface area (Å²) in [7, 11) is 1.31. The second-order valence-corrected chi connectivity index (χ2v) is 10.5. The van der Waals surface area contributed by atoms with Crippen LogP contribution >= 0.6 is 0 Å². The van der Waals surface area contributed by atoms with Gasteiger partial charge >= 0.3 is 0 Å². The van der Waals surface area contributed by atoms with Crippen LogP contribution in [0, 0.1) is 23.5 Å². The van der Waals surface area contributed by atoms with Gasteiger partial charge in [0.05, 0.1) is 7.11 Å². The molecule has 0 aliphatic carbocycles. The Morgan fingerprint density at radius 3 is 2.00 bits per heavy atom. The van der Waals surface area contributed by atoms with Crippen molar-refractivity contribution in [2.75, 3.05) is 33.3 Å². The minimum absolute atomic E-state index is 0.0277. The number of likely N-dealkylation sites (tertiary alicyclic amines) is 2. The van der Waals surface area contributed by atoms with Crippen molar-refractivity contribution in [2.24, 2.45) is 0 Å². The van der Waals surface area contributed by atoms with Crippen molar-refractivity contribution < 1.29 is 23.1 Å². The van der Waals surface area contributed by atoms with Crippen molar-refractivity contribution in [1.29, 1.82) is 0 Å². The highest BCUT2D eigenvalue weighted by atomic mass is 19.1. The number of benzene rings is 3. The molecule has 2 amide bonds. The molecule has 2 fully saturated rings. The fraction of sp³-hybridized carbons (Fsp3) is 0.333. The summed E-state index contributed by atoms with van der Waals surface area (Å²) in [5.41, 5.74) is 1.89. The largest absolute Gasteiger partial charge is 0.497 e. The first-order valence-corrected chi connectivity index (χ1v) is 14.0. The first-order valence-electron chi connectivity index (χ1n) is 14.0. The molecule has 0 spiro atoms. The van der Waals surface area contributed by atoms with Gasteiger partial charge in [0.2, 0.25) is 0 Å². The van der Waals surface area contributed by atoms with Crippen LogP contribution in [0.25, 0.3) is 0 Å². The lowest BCUT2D eigenvalue weighted by Crippen LogP contribution is -2.51. The van der Waals surface area contributed by atoms with Crippen LogP contribution in [0.3, 0.4) is 0 Å². The third kappa shape index (κ3) is 6.93. The Morgan fingerprint density at radius 1 is 0.829 bits per heavy atom. The molecule has 0 unspecified atom stereocenters. The first kappa shape index (κ1) is 28.3. The number of nitrogens with zero attached hydrogens (tertiary/aromatic N) is 2. The van der Waals surface area contributed by atoms with Crippen molar-refractivity contribution in [1.82, 2.24) is 15.1 Å². The number of methoxy groups -OCH3 is 1. The van der Waals surface area contributed by atoms with E-state index in [9.17, 15) is 18.4 Å². The summed E-state index contributed by atoms with van der Waals surface area (Å²) in [4.78, 5) is 30.0. The molecular weight excluding hydrogens is 524 g/mol. The minimum Gasteiger partial charge on any atom is -0.497 e. The Balaban J connectivity index is 1.08. The van der Waals surface area contributed by atoms with Crippen LogP contribution in [-0.4, -0.2) is 67.0 Å². The second-order valence-electron chi connectivity index (χ2n) is 10.5. The van der Waals surface area contributed by atoms with Crippen LogP contribution in [-0.2, 0) is 0 Å². The van der Waals surface area contributed by atoms with E-state index in [2.05, 4.69) is 22.1 Å². The molecule has 2 aliphatic rings. The molecule has 2 saturated heterocycles. The predicted molar refractivity (Wildman–Crippen MR) is 153 cm³/mol. The molecule has 6 nitrogen and oxygen atoms in total. The molecule has 0 saturated carbocycles. The van der Waals surface area contributed by atoms with E-state index in [1.54, 1.807) is 0 Å². The Bertz CT molecular complexity index is 1410. The van der Waals surface area contributed by atoms with Gasteiger partial charge in [0.15, 0.2) is 0 Å². The average molecular weight is 558 g/mol. The maximum atomic E-state index is 14.3. The molecular formula is C33H33F2N3O3. The van der Waals surface area contributed by atoms with Gasteiger partial charge in [-0.2, -0.15) is 0 Å². The number of hydrogen-bond donors (Lipinski definition) is 1. The van der Waals surface area contributed by atoms with Crippen molar-refractivity contribution in [2.45, 2.75) is 37.8 Å². The molecule has 8 heteroatoms. The molecule has 212 valence electrons. The summed E-state index contributed by atoms with van der Waals surface area (Å²) in [5, 5.41) is 2.79. The highest BCUT2D eigenvalue weighted by molar-refractivity contribution is 5.95. The monoisotopic (exact) mass is 557 g/mol. The van der Waals surface area contributed by atoms with E-state index in [0.29, 0.717) is 37.5 Å². The van der Waals surface area contributed by atoms with E-state index in [1.807, 2.05) is 59.5 Å². The molecule has 3 aromatic carbocycles. The Morgan fingerprint density at radius 2 is 1.41 bits per heavy atom. The zero-order valence-corrected chi connectivity index (χ0v) is 23.0. The summed E-state index contributed by atoms with van der Waals surface area (Å²) in [5.74, 6) is 3.71. The number of amides is 2. The highest BCUT2D eigenvalue weighted by Gasteiger charge is 2.31. The van der Waals surface area contributed by atoms with Crippen LogP contribution in [0.15, 0.2) is 66.7 Å². The number of halogens is 2. The molecule has 1 N–H and O–H groups in total. The maximum absolute atomic E-state index is 14.3. The van der Waals surface area contributed by atoms with Gasteiger partial charge in [0.1, 0.15) is 22.9 Å². The minimum atomic E-state index is -0.939. The van der Waals surface area contributed by atoms with Crippen LogP contribution in [0.5, 0.6) is 5.75 Å². The maximum Gasteiger partial charge on any atom is 0.257 e. The number of ether oxygens (including phenoxy) is 1. The molecule has 5 rings (SSSR count). The normalized spacial score (nSPS) is 16.5. The zero-order valence-electron chi connectivity index (χ0n) is 23.0.